The zero-order valence-electron chi connectivity index (χ0n) is 20.3. The number of rotatable bonds is 4. The highest BCUT2D eigenvalue weighted by atomic mass is 32.2. The highest BCUT2D eigenvalue weighted by Gasteiger charge is 2.50. The monoisotopic (exact) mass is 467 g/mol. The molecule has 3 rings (SSSR count). The highest BCUT2D eigenvalue weighted by Crippen LogP contribution is 2.48. The van der Waals surface area contributed by atoms with Crippen LogP contribution in [0.15, 0.2) is 47.7 Å². The summed E-state index contributed by atoms with van der Waals surface area (Å²) >= 11 is 1.59. The van der Waals surface area contributed by atoms with E-state index >= 15 is 0 Å². The van der Waals surface area contributed by atoms with Crippen LogP contribution in [0.3, 0.4) is 0 Å². The van der Waals surface area contributed by atoms with Crippen LogP contribution in [0.2, 0.25) is 18.1 Å². The van der Waals surface area contributed by atoms with Crippen molar-refractivity contribution in [3.05, 3.63) is 59.4 Å². The summed E-state index contributed by atoms with van der Waals surface area (Å²) in [5.41, 5.74) is 1.85. The number of thioether (sulfide) groups is 1. The summed E-state index contributed by atoms with van der Waals surface area (Å²) in [7, 11) is -2.14. The van der Waals surface area contributed by atoms with E-state index in [1.165, 1.54) is 0 Å². The van der Waals surface area contributed by atoms with Crippen molar-refractivity contribution in [1.29, 1.82) is 5.26 Å². The Morgan fingerprint density at radius 3 is 2.56 bits per heavy atom. The van der Waals surface area contributed by atoms with E-state index in [4.69, 9.17) is 14.2 Å². The normalized spacial score (nSPS) is 20.8. The van der Waals surface area contributed by atoms with E-state index in [0.29, 0.717) is 5.56 Å². The van der Waals surface area contributed by atoms with Crippen LogP contribution < -0.4 is 4.74 Å². The summed E-state index contributed by atoms with van der Waals surface area (Å²) in [6, 6.07) is 11.4. The number of pyridine rings is 1. The first-order valence-corrected chi connectivity index (χ1v) is 15.0. The maximum atomic E-state index is 9.53. The summed E-state index contributed by atoms with van der Waals surface area (Å²) in [5, 5.41) is 10.5. The Kier molecular flexibility index (Phi) is 6.90. The largest absolute Gasteiger partial charge is 0.485 e. The Hall–Kier alpha value is -2.14. The second-order valence-corrected chi connectivity index (χ2v) is 15.7. The van der Waals surface area contributed by atoms with Crippen LogP contribution in [0.1, 0.15) is 57.4 Å². The van der Waals surface area contributed by atoms with Gasteiger partial charge in [-0.05, 0) is 68.6 Å². The van der Waals surface area contributed by atoms with Gasteiger partial charge in [0.1, 0.15) is 23.5 Å². The van der Waals surface area contributed by atoms with E-state index < -0.39 is 13.9 Å². The Morgan fingerprint density at radius 1 is 1.28 bits per heavy atom. The molecule has 170 valence electrons. The van der Waals surface area contributed by atoms with Crippen LogP contribution in [-0.4, -0.2) is 36.3 Å². The minimum Gasteiger partial charge on any atom is -0.485 e. The molecule has 1 aromatic carbocycles. The molecular formula is C25H33N3O2SSi. The van der Waals surface area contributed by atoms with Crippen molar-refractivity contribution in [1.82, 2.24) is 4.98 Å². The van der Waals surface area contributed by atoms with Crippen LogP contribution in [0.4, 0.5) is 0 Å². The van der Waals surface area contributed by atoms with Gasteiger partial charge in [-0.15, -0.1) is 11.8 Å². The Morgan fingerprint density at radius 2 is 2.00 bits per heavy atom. The van der Waals surface area contributed by atoms with Crippen molar-refractivity contribution < 1.29 is 9.16 Å². The third-order valence-electron chi connectivity index (χ3n) is 6.39. The van der Waals surface area contributed by atoms with E-state index in [0.717, 1.165) is 21.9 Å². The lowest BCUT2D eigenvalue weighted by Gasteiger charge is -2.48. The molecule has 1 aliphatic heterocycles. The fourth-order valence-corrected chi connectivity index (χ4v) is 5.50. The highest BCUT2D eigenvalue weighted by molar-refractivity contribution is 8.13. The average molecular weight is 468 g/mol. The third-order valence-corrected chi connectivity index (χ3v) is 11.6. The lowest BCUT2D eigenvalue weighted by atomic mass is 9.86. The first-order chi connectivity index (χ1) is 14.9. The quantitative estimate of drug-likeness (QED) is 0.297. The lowest BCUT2D eigenvalue weighted by Crippen LogP contribution is -2.56. The first-order valence-electron chi connectivity index (χ1n) is 10.8. The molecule has 2 atom stereocenters. The Bertz CT molecular complexity index is 1040. The Labute approximate surface area is 197 Å². The number of nitriles is 1. The number of fused-ring (bicyclic) bond motifs is 1. The van der Waals surface area contributed by atoms with E-state index in [9.17, 15) is 5.26 Å². The zero-order valence-corrected chi connectivity index (χ0v) is 22.1. The fourth-order valence-electron chi connectivity index (χ4n) is 3.53. The van der Waals surface area contributed by atoms with Crippen LogP contribution in [0.5, 0.6) is 5.75 Å². The predicted octanol–water partition coefficient (Wildman–Crippen LogP) is 6.37. The molecule has 7 heteroatoms. The molecule has 5 nitrogen and oxygen atoms in total. The lowest BCUT2D eigenvalue weighted by molar-refractivity contribution is -0.0488. The maximum Gasteiger partial charge on any atom is 0.192 e. The third kappa shape index (κ3) is 4.93. The van der Waals surface area contributed by atoms with Gasteiger partial charge in [0.05, 0.1) is 16.7 Å². The van der Waals surface area contributed by atoms with E-state index in [1.54, 1.807) is 24.0 Å². The molecule has 0 aliphatic carbocycles. The number of aliphatic imine (C=N–C) groups is 1. The summed E-state index contributed by atoms with van der Waals surface area (Å²) in [6.07, 6.45) is 5.31. The SMILES string of the molecule is CSC(=N[C@H]1c2cc(C#N)ccc2OC(C)(C)[C@@H]1O[Si](C)(C)C(C)(C)C)c1cccnc1. The molecule has 2 aromatic rings. The molecule has 0 amide bonds. The second-order valence-electron chi connectivity index (χ2n) is 10.2. The molecule has 0 unspecified atom stereocenters. The minimum atomic E-state index is -2.14. The zero-order chi connectivity index (χ0) is 23.7. The van der Waals surface area contributed by atoms with Gasteiger partial charge in [-0.3, -0.25) is 9.98 Å². The van der Waals surface area contributed by atoms with Gasteiger partial charge in [-0.2, -0.15) is 5.26 Å². The van der Waals surface area contributed by atoms with E-state index in [1.807, 2.05) is 36.7 Å². The fraction of sp³-hybridized carbons (Fsp3) is 0.480. The molecule has 2 heterocycles. The van der Waals surface area contributed by atoms with Gasteiger partial charge >= 0.3 is 0 Å². The van der Waals surface area contributed by atoms with E-state index in [2.05, 4.69) is 58.8 Å². The smallest absolute Gasteiger partial charge is 0.192 e. The molecule has 0 spiro atoms. The molecule has 0 saturated carbocycles. The maximum absolute atomic E-state index is 9.53. The van der Waals surface area contributed by atoms with Gasteiger partial charge in [0.15, 0.2) is 8.32 Å². The number of hydrogen-bond donors (Lipinski definition) is 0. The van der Waals surface area contributed by atoms with Gasteiger partial charge in [0, 0.05) is 23.5 Å². The van der Waals surface area contributed by atoms with Crippen LogP contribution in [-0.2, 0) is 4.43 Å². The molecular weight excluding hydrogens is 434 g/mol. The standard InChI is InChI=1S/C25H33N3O2SSi/c1-24(2,3)32(7,8)30-22-21(28-23(31-6)18-10-9-13-27-16-18)19-14-17(15-26)11-12-20(19)29-25(22,4)5/h9-14,16,21-22H,1-8H3/t21-,22+/m0/s1. The number of benzene rings is 1. The summed E-state index contributed by atoms with van der Waals surface area (Å²) in [4.78, 5) is 9.50. The topological polar surface area (TPSA) is 67.5 Å². The summed E-state index contributed by atoms with van der Waals surface area (Å²) in [6.45, 7) is 15.3. The van der Waals surface area contributed by atoms with Crippen LogP contribution in [0.25, 0.3) is 0 Å². The minimum absolute atomic E-state index is 0.0395. The second kappa shape index (κ2) is 9.01. The van der Waals surface area contributed by atoms with Gasteiger partial charge in [0.2, 0.25) is 0 Å². The molecule has 32 heavy (non-hydrogen) atoms. The van der Waals surface area contributed by atoms with E-state index in [-0.39, 0.29) is 17.2 Å². The van der Waals surface area contributed by atoms with Crippen LogP contribution in [0, 0.1) is 11.3 Å². The molecule has 0 N–H and O–H groups in total. The van der Waals surface area contributed by atoms with Gasteiger partial charge in [0.25, 0.3) is 0 Å². The van der Waals surface area contributed by atoms with Gasteiger partial charge in [-0.1, -0.05) is 20.8 Å². The number of hydrogen-bond acceptors (Lipinski definition) is 6. The van der Waals surface area contributed by atoms with Crippen molar-refractivity contribution in [2.24, 2.45) is 4.99 Å². The molecule has 0 bridgehead atoms. The first kappa shape index (κ1) is 24.5. The van der Waals surface area contributed by atoms with Gasteiger partial charge < -0.3 is 9.16 Å². The number of nitrogens with zero attached hydrogens (tertiary/aromatic N) is 3. The average Bonchev–Trinajstić information content (AvgIpc) is 2.73. The van der Waals surface area contributed by atoms with Crippen molar-refractivity contribution in [2.75, 3.05) is 6.26 Å². The van der Waals surface area contributed by atoms with Crippen molar-refractivity contribution in [2.45, 2.75) is 70.5 Å². The number of ether oxygens (including phenoxy) is 1. The molecule has 0 radical (unpaired) electrons. The summed E-state index contributed by atoms with van der Waals surface area (Å²) in [5.74, 6) is 0.754. The van der Waals surface area contributed by atoms with Crippen molar-refractivity contribution in [3.63, 3.8) is 0 Å². The van der Waals surface area contributed by atoms with Gasteiger partial charge in [-0.25, -0.2) is 0 Å². The molecule has 1 aliphatic rings. The van der Waals surface area contributed by atoms with Crippen LogP contribution >= 0.6 is 11.8 Å². The van der Waals surface area contributed by atoms with Crippen molar-refractivity contribution >= 4 is 25.1 Å². The predicted molar refractivity (Wildman–Crippen MR) is 135 cm³/mol. The summed E-state index contributed by atoms with van der Waals surface area (Å²) < 4.78 is 13.4. The molecule has 0 fully saturated rings. The molecule has 1 aromatic heterocycles. The number of aromatic nitrogens is 1. The Balaban J connectivity index is 2.20. The van der Waals surface area contributed by atoms with Crippen molar-refractivity contribution in [3.8, 4) is 11.8 Å². The molecule has 0 saturated heterocycles.